The lowest BCUT2D eigenvalue weighted by Crippen LogP contribution is -2.19. The fourth-order valence-corrected chi connectivity index (χ4v) is 3.17. The number of aromatic nitrogens is 2. The molecule has 0 aliphatic rings. The van der Waals surface area contributed by atoms with Crippen LogP contribution in [-0.2, 0) is 4.79 Å². The van der Waals surface area contributed by atoms with Crippen LogP contribution in [0.5, 0.6) is 0 Å². The quantitative estimate of drug-likeness (QED) is 0.740. The van der Waals surface area contributed by atoms with Gasteiger partial charge in [-0.1, -0.05) is 32.0 Å². The first-order valence-corrected chi connectivity index (χ1v) is 8.32. The highest BCUT2D eigenvalue weighted by Crippen LogP contribution is 2.33. The number of aryl methyl sites for hydroxylation is 1. The number of nitrogens with zero attached hydrogens (tertiary/aromatic N) is 1. The van der Waals surface area contributed by atoms with Crippen molar-refractivity contribution in [2.24, 2.45) is 5.92 Å². The predicted molar refractivity (Wildman–Crippen MR) is 92.2 cm³/mol. The van der Waals surface area contributed by atoms with Gasteiger partial charge in [-0.2, -0.15) is 0 Å². The molecule has 1 atom stereocenters. The van der Waals surface area contributed by atoms with Gasteiger partial charge in [-0.25, -0.2) is 4.98 Å². The summed E-state index contributed by atoms with van der Waals surface area (Å²) in [6, 6.07) is 8.19. The molecule has 0 bridgehead atoms. The van der Waals surface area contributed by atoms with E-state index in [1.54, 1.807) is 0 Å². The number of thiazole rings is 1. The van der Waals surface area contributed by atoms with Gasteiger partial charge in [-0.05, 0) is 19.4 Å². The van der Waals surface area contributed by atoms with E-state index < -0.39 is 0 Å². The largest absolute Gasteiger partial charge is 0.358 e. The standard InChI is InChI=1S/C17H19N3OS/c1-4-10(2)16(21)20-17-19-14(9-22-17)15-11(3)18-13-8-6-5-7-12(13)15/h5-10,18H,4H2,1-3H3,(H,19,20,21)/t10-/m0/s1. The Bertz CT molecular complexity index is 818. The maximum absolute atomic E-state index is 12.0. The molecule has 22 heavy (non-hydrogen) atoms. The third kappa shape index (κ3) is 2.64. The Balaban J connectivity index is 1.93. The van der Waals surface area contributed by atoms with Crippen molar-refractivity contribution in [2.45, 2.75) is 27.2 Å². The van der Waals surface area contributed by atoms with Gasteiger partial charge in [0, 0.05) is 33.5 Å². The van der Waals surface area contributed by atoms with Crippen LogP contribution in [0.4, 0.5) is 5.13 Å². The molecule has 1 aromatic carbocycles. The molecule has 0 saturated carbocycles. The van der Waals surface area contributed by atoms with E-state index in [2.05, 4.69) is 27.4 Å². The van der Waals surface area contributed by atoms with Crippen LogP contribution < -0.4 is 5.32 Å². The number of aromatic amines is 1. The molecular weight excluding hydrogens is 294 g/mol. The zero-order valence-electron chi connectivity index (χ0n) is 12.9. The summed E-state index contributed by atoms with van der Waals surface area (Å²) in [7, 11) is 0. The second-order valence-electron chi connectivity index (χ2n) is 5.51. The molecule has 114 valence electrons. The number of anilines is 1. The van der Waals surface area contributed by atoms with E-state index in [9.17, 15) is 4.79 Å². The Morgan fingerprint density at radius 1 is 1.41 bits per heavy atom. The topological polar surface area (TPSA) is 57.8 Å². The molecule has 0 saturated heterocycles. The molecule has 3 rings (SSSR count). The minimum atomic E-state index is 0.00201. The van der Waals surface area contributed by atoms with Gasteiger partial charge in [-0.15, -0.1) is 11.3 Å². The summed E-state index contributed by atoms with van der Waals surface area (Å²) < 4.78 is 0. The molecule has 4 nitrogen and oxygen atoms in total. The molecule has 3 aromatic rings. The number of amides is 1. The minimum absolute atomic E-state index is 0.00201. The molecular formula is C17H19N3OS. The van der Waals surface area contributed by atoms with Gasteiger partial charge in [0.15, 0.2) is 5.13 Å². The van der Waals surface area contributed by atoms with E-state index in [0.29, 0.717) is 5.13 Å². The highest BCUT2D eigenvalue weighted by atomic mass is 32.1. The van der Waals surface area contributed by atoms with Crippen LogP contribution in [0.2, 0.25) is 0 Å². The van der Waals surface area contributed by atoms with E-state index >= 15 is 0 Å². The average molecular weight is 313 g/mol. The summed E-state index contributed by atoms with van der Waals surface area (Å²) in [5.41, 5.74) is 4.20. The van der Waals surface area contributed by atoms with Crippen LogP contribution in [0.3, 0.4) is 0 Å². The van der Waals surface area contributed by atoms with Crippen LogP contribution in [0.15, 0.2) is 29.6 Å². The second kappa shape index (κ2) is 5.93. The number of H-pyrrole nitrogens is 1. The minimum Gasteiger partial charge on any atom is -0.358 e. The number of hydrogen-bond donors (Lipinski definition) is 2. The molecule has 2 aromatic heterocycles. The molecule has 2 N–H and O–H groups in total. The molecule has 0 radical (unpaired) electrons. The number of nitrogens with one attached hydrogen (secondary N) is 2. The van der Waals surface area contributed by atoms with E-state index in [0.717, 1.165) is 34.3 Å². The first-order valence-electron chi connectivity index (χ1n) is 7.44. The maximum Gasteiger partial charge on any atom is 0.228 e. The number of rotatable bonds is 4. The lowest BCUT2D eigenvalue weighted by Gasteiger charge is -2.06. The van der Waals surface area contributed by atoms with E-state index in [-0.39, 0.29) is 11.8 Å². The molecule has 5 heteroatoms. The van der Waals surface area contributed by atoms with Gasteiger partial charge >= 0.3 is 0 Å². The Labute approximate surface area is 133 Å². The predicted octanol–water partition coefficient (Wildman–Crippen LogP) is 4.58. The summed E-state index contributed by atoms with van der Waals surface area (Å²) >= 11 is 1.46. The number of hydrogen-bond acceptors (Lipinski definition) is 3. The van der Waals surface area contributed by atoms with Crippen molar-refractivity contribution in [3.8, 4) is 11.3 Å². The normalized spacial score (nSPS) is 12.5. The average Bonchev–Trinajstić information content (AvgIpc) is 3.09. The lowest BCUT2D eigenvalue weighted by atomic mass is 10.1. The fraction of sp³-hybridized carbons (Fsp3) is 0.294. The maximum atomic E-state index is 12.0. The second-order valence-corrected chi connectivity index (χ2v) is 6.37. The molecule has 1 amide bonds. The highest BCUT2D eigenvalue weighted by molar-refractivity contribution is 7.14. The number of carbonyl (C=O) groups excluding carboxylic acids is 1. The number of benzene rings is 1. The van der Waals surface area contributed by atoms with Crippen molar-refractivity contribution >= 4 is 33.3 Å². The van der Waals surface area contributed by atoms with Gasteiger partial charge < -0.3 is 10.3 Å². The number of para-hydroxylation sites is 1. The Morgan fingerprint density at radius 2 is 2.18 bits per heavy atom. The third-order valence-corrected chi connectivity index (χ3v) is 4.70. The van der Waals surface area contributed by atoms with Crippen molar-refractivity contribution < 1.29 is 4.79 Å². The van der Waals surface area contributed by atoms with Gasteiger partial charge in [0.05, 0.1) is 5.69 Å². The molecule has 0 aliphatic heterocycles. The zero-order chi connectivity index (χ0) is 15.7. The van der Waals surface area contributed by atoms with Crippen molar-refractivity contribution in [1.29, 1.82) is 0 Å². The fourth-order valence-electron chi connectivity index (χ4n) is 2.47. The monoisotopic (exact) mass is 313 g/mol. The Morgan fingerprint density at radius 3 is 2.95 bits per heavy atom. The Kier molecular flexibility index (Phi) is 3.98. The summed E-state index contributed by atoms with van der Waals surface area (Å²) in [4.78, 5) is 19.9. The van der Waals surface area contributed by atoms with E-state index in [1.807, 2.05) is 38.3 Å². The van der Waals surface area contributed by atoms with Gasteiger partial charge in [0.25, 0.3) is 0 Å². The molecule has 2 heterocycles. The SMILES string of the molecule is CC[C@H](C)C(=O)Nc1nc(-c2c(C)[nH]c3ccccc23)cs1. The molecule has 0 unspecified atom stereocenters. The van der Waals surface area contributed by atoms with Crippen LogP contribution in [0.25, 0.3) is 22.2 Å². The van der Waals surface area contributed by atoms with Crippen molar-refractivity contribution in [2.75, 3.05) is 5.32 Å². The first kappa shape index (κ1) is 14.8. The zero-order valence-corrected chi connectivity index (χ0v) is 13.8. The van der Waals surface area contributed by atoms with Crippen LogP contribution in [0, 0.1) is 12.8 Å². The van der Waals surface area contributed by atoms with Gasteiger partial charge in [-0.3, -0.25) is 4.79 Å². The van der Waals surface area contributed by atoms with Crippen LogP contribution in [0.1, 0.15) is 26.0 Å². The van der Waals surface area contributed by atoms with Crippen molar-refractivity contribution in [3.63, 3.8) is 0 Å². The van der Waals surface area contributed by atoms with Crippen molar-refractivity contribution in [1.82, 2.24) is 9.97 Å². The van der Waals surface area contributed by atoms with E-state index in [1.165, 1.54) is 11.3 Å². The Hall–Kier alpha value is -2.14. The molecule has 0 aliphatic carbocycles. The summed E-state index contributed by atoms with van der Waals surface area (Å²) in [5, 5.41) is 6.71. The van der Waals surface area contributed by atoms with Crippen molar-refractivity contribution in [3.05, 3.63) is 35.3 Å². The number of fused-ring (bicyclic) bond motifs is 1. The van der Waals surface area contributed by atoms with Crippen LogP contribution >= 0.6 is 11.3 Å². The summed E-state index contributed by atoms with van der Waals surface area (Å²) in [5.74, 6) is 0.0289. The number of carbonyl (C=O) groups is 1. The smallest absolute Gasteiger partial charge is 0.228 e. The van der Waals surface area contributed by atoms with E-state index in [4.69, 9.17) is 0 Å². The van der Waals surface area contributed by atoms with Gasteiger partial charge in [0.1, 0.15) is 0 Å². The van der Waals surface area contributed by atoms with Crippen LogP contribution in [-0.4, -0.2) is 15.9 Å². The molecule has 0 fully saturated rings. The molecule has 0 spiro atoms. The summed E-state index contributed by atoms with van der Waals surface area (Å²) in [6.45, 7) is 5.98. The highest BCUT2D eigenvalue weighted by Gasteiger charge is 2.16. The van der Waals surface area contributed by atoms with Gasteiger partial charge in [0.2, 0.25) is 5.91 Å². The summed E-state index contributed by atoms with van der Waals surface area (Å²) in [6.07, 6.45) is 0.825. The lowest BCUT2D eigenvalue weighted by molar-refractivity contribution is -0.119. The first-order chi connectivity index (χ1) is 10.6. The third-order valence-electron chi connectivity index (χ3n) is 3.94.